The third-order valence-electron chi connectivity index (χ3n) is 2.58. The van der Waals surface area contributed by atoms with E-state index in [2.05, 4.69) is 14.7 Å². The lowest BCUT2D eigenvalue weighted by Gasteiger charge is -2.16. The highest BCUT2D eigenvalue weighted by molar-refractivity contribution is 5.85. The van der Waals surface area contributed by atoms with Crippen molar-refractivity contribution in [2.45, 2.75) is 6.42 Å². The van der Waals surface area contributed by atoms with Gasteiger partial charge >= 0.3 is 5.97 Å². The fraction of sp³-hybridized carbons (Fsp3) is 0.182. The number of para-hydroxylation sites is 1. The topological polar surface area (TPSA) is 68.5 Å². The highest BCUT2D eigenvalue weighted by atomic mass is 16.7. The van der Waals surface area contributed by atoms with Gasteiger partial charge in [-0.3, -0.25) is 0 Å². The summed E-state index contributed by atoms with van der Waals surface area (Å²) in [5, 5.41) is 4.98. The van der Waals surface area contributed by atoms with Gasteiger partial charge in [0.15, 0.2) is 0 Å². The molecule has 0 radical (unpaired) electrons. The minimum Gasteiger partial charge on any atom is -0.342 e. The van der Waals surface area contributed by atoms with Gasteiger partial charge in [0.2, 0.25) is 6.39 Å². The third-order valence-corrected chi connectivity index (χ3v) is 2.58. The molecule has 0 atom stereocenters. The van der Waals surface area contributed by atoms with Crippen LogP contribution < -0.4 is 5.06 Å². The lowest BCUT2D eigenvalue weighted by atomic mass is 10.2. The largest absolute Gasteiger partial charge is 0.404 e. The maximum absolute atomic E-state index is 11.6. The summed E-state index contributed by atoms with van der Waals surface area (Å²) in [6, 6.07) is 7.78. The zero-order valence-corrected chi connectivity index (χ0v) is 8.87. The van der Waals surface area contributed by atoms with E-state index in [4.69, 9.17) is 4.84 Å². The molecule has 1 aliphatic heterocycles. The maximum Gasteiger partial charge on any atom is 0.404 e. The molecule has 0 saturated carbocycles. The first-order valence-corrected chi connectivity index (χ1v) is 5.19. The molecule has 0 amide bonds. The Morgan fingerprint density at radius 2 is 2.29 bits per heavy atom. The molecular weight excluding hydrogens is 222 g/mol. The summed E-state index contributed by atoms with van der Waals surface area (Å²) in [7, 11) is 0. The first-order chi connectivity index (χ1) is 8.34. The summed E-state index contributed by atoms with van der Waals surface area (Å²) in [6.07, 6.45) is 1.95. The predicted octanol–water partition coefficient (Wildman–Crippen LogP) is 1.20. The van der Waals surface area contributed by atoms with Crippen molar-refractivity contribution < 1.29 is 14.2 Å². The molecule has 1 aliphatic rings. The standard InChI is InChI=1S/C11H9N3O3/c15-11(10-12-7-16-13-10)17-14-6-5-8-3-1-2-4-9(8)14/h1-4,7H,5-6H2. The van der Waals surface area contributed by atoms with Gasteiger partial charge in [0.1, 0.15) is 0 Å². The minimum atomic E-state index is -0.615. The molecule has 0 saturated heterocycles. The Hall–Kier alpha value is -2.37. The molecule has 86 valence electrons. The van der Waals surface area contributed by atoms with Crippen LogP contribution in [0.4, 0.5) is 5.69 Å². The number of fused-ring (bicyclic) bond motifs is 1. The fourth-order valence-corrected chi connectivity index (χ4v) is 1.80. The zero-order valence-electron chi connectivity index (χ0n) is 8.87. The third kappa shape index (κ3) is 1.73. The fourth-order valence-electron chi connectivity index (χ4n) is 1.80. The van der Waals surface area contributed by atoms with Crippen molar-refractivity contribution in [2.75, 3.05) is 11.6 Å². The number of hydroxylamine groups is 1. The highest BCUT2D eigenvalue weighted by Gasteiger charge is 2.24. The van der Waals surface area contributed by atoms with Crippen molar-refractivity contribution in [3.05, 3.63) is 42.0 Å². The Labute approximate surface area is 96.8 Å². The van der Waals surface area contributed by atoms with Crippen molar-refractivity contribution in [2.24, 2.45) is 0 Å². The maximum atomic E-state index is 11.6. The number of hydrogen-bond acceptors (Lipinski definition) is 6. The Morgan fingerprint density at radius 1 is 1.41 bits per heavy atom. The lowest BCUT2D eigenvalue weighted by molar-refractivity contribution is 0.0443. The molecule has 1 aromatic carbocycles. The summed E-state index contributed by atoms with van der Waals surface area (Å²) < 4.78 is 4.49. The molecule has 0 spiro atoms. The van der Waals surface area contributed by atoms with Gasteiger partial charge < -0.3 is 9.36 Å². The van der Waals surface area contributed by atoms with Crippen LogP contribution in [-0.2, 0) is 11.3 Å². The number of aromatic nitrogens is 2. The van der Waals surface area contributed by atoms with Gasteiger partial charge in [-0.2, -0.15) is 4.98 Å². The number of carbonyl (C=O) groups excluding carboxylic acids is 1. The Kier molecular flexibility index (Phi) is 2.25. The van der Waals surface area contributed by atoms with Gasteiger partial charge in [-0.15, -0.1) is 0 Å². The van der Waals surface area contributed by atoms with E-state index in [1.807, 2.05) is 24.3 Å². The number of nitrogens with zero attached hydrogens (tertiary/aromatic N) is 3. The molecule has 6 heteroatoms. The average molecular weight is 231 g/mol. The molecule has 0 aliphatic carbocycles. The van der Waals surface area contributed by atoms with Crippen molar-refractivity contribution >= 4 is 11.7 Å². The smallest absolute Gasteiger partial charge is 0.342 e. The first-order valence-electron chi connectivity index (χ1n) is 5.19. The quantitative estimate of drug-likeness (QED) is 0.773. The van der Waals surface area contributed by atoms with E-state index in [1.54, 1.807) is 5.06 Å². The van der Waals surface area contributed by atoms with Crippen LogP contribution >= 0.6 is 0 Å². The normalized spacial score (nSPS) is 13.5. The Bertz CT molecular complexity index is 539. The van der Waals surface area contributed by atoms with E-state index in [-0.39, 0.29) is 5.82 Å². The van der Waals surface area contributed by atoms with Crippen LogP contribution in [0.25, 0.3) is 0 Å². The molecular formula is C11H9N3O3. The predicted molar refractivity (Wildman–Crippen MR) is 57.2 cm³/mol. The second kappa shape index (κ2) is 3.89. The molecule has 0 bridgehead atoms. The molecule has 2 aromatic rings. The van der Waals surface area contributed by atoms with Crippen LogP contribution in [0.1, 0.15) is 16.2 Å². The summed E-state index contributed by atoms with van der Waals surface area (Å²) in [4.78, 5) is 20.4. The lowest BCUT2D eigenvalue weighted by Crippen LogP contribution is -2.25. The van der Waals surface area contributed by atoms with Crippen molar-refractivity contribution in [1.29, 1.82) is 0 Å². The molecule has 0 fully saturated rings. The van der Waals surface area contributed by atoms with E-state index in [0.717, 1.165) is 24.1 Å². The zero-order chi connectivity index (χ0) is 11.7. The summed E-state index contributed by atoms with van der Waals surface area (Å²) in [5.41, 5.74) is 2.07. The van der Waals surface area contributed by atoms with Gasteiger partial charge in [0.05, 0.1) is 12.2 Å². The highest BCUT2D eigenvalue weighted by Crippen LogP contribution is 2.27. The van der Waals surface area contributed by atoms with Gasteiger partial charge in [0, 0.05) is 0 Å². The summed E-state index contributed by atoms with van der Waals surface area (Å²) >= 11 is 0. The van der Waals surface area contributed by atoms with Crippen molar-refractivity contribution in [3.8, 4) is 0 Å². The number of hydrogen-bond donors (Lipinski definition) is 0. The van der Waals surface area contributed by atoms with Crippen molar-refractivity contribution in [1.82, 2.24) is 10.1 Å². The summed E-state index contributed by atoms with van der Waals surface area (Å²) in [5.74, 6) is -0.690. The Morgan fingerprint density at radius 3 is 3.12 bits per heavy atom. The molecule has 3 rings (SSSR count). The van der Waals surface area contributed by atoms with E-state index in [9.17, 15) is 4.79 Å². The molecule has 1 aromatic heterocycles. The average Bonchev–Trinajstić information content (AvgIpc) is 2.98. The summed E-state index contributed by atoms with van der Waals surface area (Å²) in [6.45, 7) is 0.642. The second-order valence-corrected chi connectivity index (χ2v) is 3.61. The van der Waals surface area contributed by atoms with Crippen LogP contribution in [0.3, 0.4) is 0 Å². The van der Waals surface area contributed by atoms with Gasteiger partial charge in [0.25, 0.3) is 5.82 Å². The number of rotatable bonds is 2. The van der Waals surface area contributed by atoms with E-state index >= 15 is 0 Å². The van der Waals surface area contributed by atoms with E-state index in [0.29, 0.717) is 6.54 Å². The Balaban J connectivity index is 1.78. The molecule has 6 nitrogen and oxygen atoms in total. The van der Waals surface area contributed by atoms with Crippen LogP contribution in [0, 0.1) is 0 Å². The first kappa shape index (κ1) is 9.83. The number of benzene rings is 1. The van der Waals surface area contributed by atoms with Gasteiger partial charge in [-0.05, 0) is 18.1 Å². The van der Waals surface area contributed by atoms with Crippen LogP contribution in [0.5, 0.6) is 0 Å². The minimum absolute atomic E-state index is 0.0746. The van der Waals surface area contributed by atoms with Crippen LogP contribution in [-0.4, -0.2) is 22.7 Å². The van der Waals surface area contributed by atoms with E-state index in [1.165, 1.54) is 0 Å². The van der Waals surface area contributed by atoms with E-state index < -0.39 is 5.97 Å². The van der Waals surface area contributed by atoms with Crippen LogP contribution in [0.15, 0.2) is 35.2 Å². The van der Waals surface area contributed by atoms with Crippen molar-refractivity contribution in [3.63, 3.8) is 0 Å². The molecule has 2 heterocycles. The monoisotopic (exact) mass is 231 g/mol. The van der Waals surface area contributed by atoms with Gasteiger partial charge in [-0.1, -0.05) is 23.4 Å². The molecule has 0 unspecified atom stereocenters. The molecule has 0 N–H and O–H groups in total. The van der Waals surface area contributed by atoms with Crippen LogP contribution in [0.2, 0.25) is 0 Å². The molecule has 17 heavy (non-hydrogen) atoms. The SMILES string of the molecule is O=C(ON1CCc2ccccc21)c1ncon1. The second-order valence-electron chi connectivity index (χ2n) is 3.61. The number of anilines is 1. The number of carbonyl (C=O) groups is 1. The van der Waals surface area contributed by atoms with Gasteiger partial charge in [-0.25, -0.2) is 9.86 Å².